The lowest BCUT2D eigenvalue weighted by Crippen LogP contribution is -2.39. The van der Waals surface area contributed by atoms with Gasteiger partial charge in [0.2, 0.25) is 0 Å². The van der Waals surface area contributed by atoms with Crippen LogP contribution in [0.3, 0.4) is 0 Å². The highest BCUT2D eigenvalue weighted by atomic mass is 16.6. The maximum Gasteiger partial charge on any atom is 0.417 e. The van der Waals surface area contributed by atoms with Gasteiger partial charge in [0, 0.05) is 25.0 Å². The number of carbonyl (C=O) groups excluding carboxylic acids is 1. The van der Waals surface area contributed by atoms with Crippen LogP contribution in [0.25, 0.3) is 0 Å². The molecule has 0 spiro atoms. The van der Waals surface area contributed by atoms with Gasteiger partial charge in [-0.25, -0.2) is 19.6 Å². The molecule has 1 aromatic heterocycles. The Hall–Kier alpha value is -2.22. The van der Waals surface area contributed by atoms with Crippen molar-refractivity contribution in [3.05, 3.63) is 18.5 Å². The number of nitrogens with one attached hydrogen (secondary N) is 1. The van der Waals surface area contributed by atoms with Crippen molar-refractivity contribution in [3.8, 4) is 6.01 Å². The monoisotopic (exact) mass is 283 g/mol. The first-order valence-corrected chi connectivity index (χ1v) is 6.06. The Morgan fingerprint density at radius 3 is 2.55 bits per heavy atom. The Bertz CT molecular complexity index is 438. The molecule has 0 radical (unpaired) electrons. The van der Waals surface area contributed by atoms with Crippen LogP contribution in [0.4, 0.5) is 0 Å². The minimum absolute atomic E-state index is 0.0389. The number of hydrogen-bond acceptors (Lipinski definition) is 7. The second kappa shape index (κ2) is 8.05. The number of carboxylic acids is 1. The number of aromatic nitrogens is 2. The molecule has 110 valence electrons. The Morgan fingerprint density at radius 1 is 1.35 bits per heavy atom. The summed E-state index contributed by atoms with van der Waals surface area (Å²) in [4.78, 5) is 29.3. The van der Waals surface area contributed by atoms with E-state index in [9.17, 15) is 9.59 Å². The van der Waals surface area contributed by atoms with Gasteiger partial charge in [0.15, 0.2) is 0 Å². The average molecular weight is 283 g/mol. The molecule has 20 heavy (non-hydrogen) atoms. The average Bonchev–Trinajstić information content (AvgIpc) is 2.42. The maximum atomic E-state index is 11.1. The first-order chi connectivity index (χ1) is 9.49. The van der Waals surface area contributed by atoms with Crippen LogP contribution >= 0.6 is 0 Å². The maximum absolute atomic E-state index is 11.1. The van der Waals surface area contributed by atoms with Gasteiger partial charge in [-0.3, -0.25) is 0 Å². The Kier molecular flexibility index (Phi) is 6.38. The van der Waals surface area contributed by atoms with Crippen LogP contribution in [0.5, 0.6) is 6.01 Å². The molecular formula is C12H17N3O5. The van der Waals surface area contributed by atoms with Crippen molar-refractivity contribution in [2.24, 2.45) is 0 Å². The molecule has 0 fully saturated rings. The van der Waals surface area contributed by atoms with Crippen LogP contribution in [-0.2, 0) is 14.3 Å². The number of ether oxygens (including phenoxy) is 2. The van der Waals surface area contributed by atoms with E-state index in [0.717, 1.165) is 0 Å². The Morgan fingerprint density at radius 2 is 2.00 bits per heavy atom. The van der Waals surface area contributed by atoms with E-state index in [2.05, 4.69) is 15.3 Å². The third-order valence-corrected chi connectivity index (χ3v) is 2.14. The quantitative estimate of drug-likeness (QED) is 0.525. The van der Waals surface area contributed by atoms with Crippen LogP contribution in [-0.4, -0.2) is 52.3 Å². The van der Waals surface area contributed by atoms with Crippen molar-refractivity contribution in [1.29, 1.82) is 0 Å². The summed E-state index contributed by atoms with van der Waals surface area (Å²) in [5.41, 5.74) is 0. The standard InChI is InChI=1S/C12H17N3O5/c1-8(2)15-6-9(20-11(18)10(16)17)7-19-12-13-4-3-5-14-12/h3-5,8-9,15H,6-7H2,1-2H3,(H,16,17). The van der Waals surface area contributed by atoms with Crippen LogP contribution in [0.15, 0.2) is 18.5 Å². The molecule has 0 aliphatic carbocycles. The summed E-state index contributed by atoms with van der Waals surface area (Å²) >= 11 is 0. The minimum Gasteiger partial charge on any atom is -0.473 e. The van der Waals surface area contributed by atoms with Crippen LogP contribution in [0.1, 0.15) is 13.8 Å². The highest BCUT2D eigenvalue weighted by Gasteiger charge is 2.21. The van der Waals surface area contributed by atoms with Gasteiger partial charge in [0.25, 0.3) is 0 Å². The second-order valence-corrected chi connectivity index (χ2v) is 4.24. The summed E-state index contributed by atoms with van der Waals surface area (Å²) in [6.07, 6.45) is 2.27. The number of rotatable bonds is 7. The van der Waals surface area contributed by atoms with Gasteiger partial charge in [-0.15, -0.1) is 0 Å². The molecule has 1 atom stereocenters. The van der Waals surface area contributed by atoms with Crippen molar-refractivity contribution in [1.82, 2.24) is 15.3 Å². The number of nitrogens with zero attached hydrogens (tertiary/aromatic N) is 2. The lowest BCUT2D eigenvalue weighted by atomic mass is 10.3. The molecule has 8 heteroatoms. The van der Waals surface area contributed by atoms with Crippen LogP contribution in [0, 0.1) is 0 Å². The van der Waals surface area contributed by atoms with Crippen molar-refractivity contribution in [3.63, 3.8) is 0 Å². The second-order valence-electron chi connectivity index (χ2n) is 4.24. The van der Waals surface area contributed by atoms with E-state index < -0.39 is 18.0 Å². The molecule has 8 nitrogen and oxygen atoms in total. The lowest BCUT2D eigenvalue weighted by Gasteiger charge is -2.18. The summed E-state index contributed by atoms with van der Waals surface area (Å²) in [6.45, 7) is 4.06. The summed E-state index contributed by atoms with van der Waals surface area (Å²) in [5.74, 6) is -2.96. The molecule has 0 amide bonds. The molecule has 0 aliphatic heterocycles. The molecule has 1 heterocycles. The summed E-state index contributed by atoms with van der Waals surface area (Å²) in [6, 6.07) is 1.93. The Labute approximate surface area is 116 Å². The molecule has 1 rings (SSSR count). The number of carboxylic acid groups (broad SMARTS) is 1. The predicted molar refractivity (Wildman–Crippen MR) is 68.2 cm³/mol. The molecule has 1 aromatic rings. The molecule has 2 N–H and O–H groups in total. The molecule has 0 aromatic carbocycles. The highest BCUT2D eigenvalue weighted by molar-refractivity contribution is 6.28. The SMILES string of the molecule is CC(C)NCC(COc1ncccn1)OC(=O)C(=O)O. The summed E-state index contributed by atoms with van der Waals surface area (Å²) < 4.78 is 10.1. The summed E-state index contributed by atoms with van der Waals surface area (Å²) in [5, 5.41) is 11.6. The highest BCUT2D eigenvalue weighted by Crippen LogP contribution is 2.01. The van der Waals surface area contributed by atoms with E-state index in [1.807, 2.05) is 13.8 Å². The zero-order chi connectivity index (χ0) is 15.0. The van der Waals surface area contributed by atoms with Gasteiger partial charge < -0.3 is 19.9 Å². The van der Waals surface area contributed by atoms with E-state index in [-0.39, 0.29) is 25.2 Å². The topological polar surface area (TPSA) is 111 Å². The molecule has 0 saturated carbocycles. The lowest BCUT2D eigenvalue weighted by molar-refractivity contribution is -0.168. The third kappa shape index (κ3) is 6.10. The van der Waals surface area contributed by atoms with Crippen molar-refractivity contribution in [2.75, 3.05) is 13.2 Å². The first kappa shape index (κ1) is 15.8. The normalized spacial score (nSPS) is 11.9. The molecule has 0 bridgehead atoms. The van der Waals surface area contributed by atoms with Crippen molar-refractivity contribution >= 4 is 11.9 Å². The van der Waals surface area contributed by atoms with Gasteiger partial charge >= 0.3 is 17.9 Å². The number of aliphatic carboxylic acids is 1. The molecule has 1 unspecified atom stereocenters. The van der Waals surface area contributed by atoms with E-state index in [4.69, 9.17) is 14.6 Å². The minimum atomic E-state index is -1.64. The largest absolute Gasteiger partial charge is 0.473 e. The fraction of sp³-hybridized carbons (Fsp3) is 0.500. The van der Waals surface area contributed by atoms with E-state index in [1.54, 1.807) is 6.07 Å². The van der Waals surface area contributed by atoms with Crippen molar-refractivity contribution < 1.29 is 24.2 Å². The smallest absolute Gasteiger partial charge is 0.417 e. The van der Waals surface area contributed by atoms with E-state index in [1.165, 1.54) is 12.4 Å². The van der Waals surface area contributed by atoms with E-state index in [0.29, 0.717) is 0 Å². The van der Waals surface area contributed by atoms with Gasteiger partial charge in [0.1, 0.15) is 12.7 Å². The van der Waals surface area contributed by atoms with Gasteiger partial charge in [-0.1, -0.05) is 13.8 Å². The van der Waals surface area contributed by atoms with Crippen LogP contribution in [0.2, 0.25) is 0 Å². The zero-order valence-corrected chi connectivity index (χ0v) is 11.3. The fourth-order valence-corrected chi connectivity index (χ4v) is 1.23. The summed E-state index contributed by atoms with van der Waals surface area (Å²) in [7, 11) is 0. The molecular weight excluding hydrogens is 266 g/mol. The van der Waals surface area contributed by atoms with Crippen LogP contribution < -0.4 is 10.1 Å². The molecule has 0 saturated heterocycles. The van der Waals surface area contributed by atoms with E-state index >= 15 is 0 Å². The number of carbonyl (C=O) groups is 2. The first-order valence-electron chi connectivity index (χ1n) is 6.06. The van der Waals surface area contributed by atoms with Crippen molar-refractivity contribution in [2.45, 2.75) is 26.0 Å². The number of hydrogen-bond donors (Lipinski definition) is 2. The molecule has 0 aliphatic rings. The predicted octanol–water partition coefficient (Wildman–Crippen LogP) is -0.150. The van der Waals surface area contributed by atoms with Gasteiger partial charge in [0.05, 0.1) is 0 Å². The van der Waals surface area contributed by atoms with Gasteiger partial charge in [-0.05, 0) is 6.07 Å². The third-order valence-electron chi connectivity index (χ3n) is 2.14. The van der Waals surface area contributed by atoms with Gasteiger partial charge in [-0.2, -0.15) is 0 Å². The number of esters is 1. The zero-order valence-electron chi connectivity index (χ0n) is 11.3. The fourth-order valence-electron chi connectivity index (χ4n) is 1.23. The Balaban J connectivity index is 2.53.